The van der Waals surface area contributed by atoms with E-state index < -0.39 is 29.1 Å². The minimum Gasteiger partial charge on any atom is -0.458 e. The summed E-state index contributed by atoms with van der Waals surface area (Å²) in [6, 6.07) is 0. The van der Waals surface area contributed by atoms with Crippen LogP contribution in [0, 0.1) is 0 Å². The molecule has 2 atom stereocenters. The number of esters is 1. The van der Waals surface area contributed by atoms with Crippen LogP contribution in [0.1, 0.15) is 60.3 Å². The molecule has 1 heterocycles. The molecule has 0 aliphatic carbocycles. The van der Waals surface area contributed by atoms with Gasteiger partial charge in [-0.1, -0.05) is 6.08 Å². The third-order valence-corrected chi connectivity index (χ3v) is 3.45. The molecule has 1 aliphatic heterocycles. The molecule has 0 aromatic carbocycles. The molecule has 0 aromatic heterocycles. The molecule has 5 heteroatoms. The van der Waals surface area contributed by atoms with Crippen molar-refractivity contribution >= 4 is 5.97 Å². The predicted octanol–water partition coefficient (Wildman–Crippen LogP) is 3.93. The van der Waals surface area contributed by atoms with Crippen LogP contribution in [0.15, 0.2) is 12.7 Å². The minimum absolute atomic E-state index is 0.0503. The first-order valence-electron chi connectivity index (χ1n) is 7.85. The van der Waals surface area contributed by atoms with Crippen LogP contribution in [0.5, 0.6) is 0 Å². The summed E-state index contributed by atoms with van der Waals surface area (Å²) in [5, 5.41) is 0. The quantitative estimate of drug-likeness (QED) is 0.423. The van der Waals surface area contributed by atoms with Gasteiger partial charge in [-0.3, -0.25) is 0 Å². The highest BCUT2D eigenvalue weighted by molar-refractivity contribution is 5.80. The molecule has 1 fully saturated rings. The van der Waals surface area contributed by atoms with Gasteiger partial charge in [0, 0.05) is 6.42 Å². The maximum absolute atomic E-state index is 15.6. The second-order valence-corrected chi connectivity index (χ2v) is 7.19. The summed E-state index contributed by atoms with van der Waals surface area (Å²) in [5.74, 6) is -1.76. The SMILES string of the molecule is C=CCCCC(F)(C(=O)OC(C)(C)C)C1CCOC(C)(C)O1. The molecule has 128 valence electrons. The van der Waals surface area contributed by atoms with E-state index in [1.165, 1.54) is 0 Å². The number of halogens is 1. The molecule has 0 amide bonds. The van der Waals surface area contributed by atoms with Crippen molar-refractivity contribution in [3.63, 3.8) is 0 Å². The van der Waals surface area contributed by atoms with E-state index in [1.54, 1.807) is 40.7 Å². The maximum Gasteiger partial charge on any atom is 0.347 e. The van der Waals surface area contributed by atoms with Crippen LogP contribution < -0.4 is 0 Å². The summed E-state index contributed by atoms with van der Waals surface area (Å²) < 4.78 is 32.0. The Morgan fingerprint density at radius 1 is 1.45 bits per heavy atom. The molecule has 0 spiro atoms. The van der Waals surface area contributed by atoms with Gasteiger partial charge < -0.3 is 14.2 Å². The molecule has 1 saturated heterocycles. The molecule has 1 rings (SSSR count). The summed E-state index contributed by atoms with van der Waals surface area (Å²) in [6.07, 6.45) is 2.38. The van der Waals surface area contributed by atoms with E-state index >= 15 is 4.39 Å². The van der Waals surface area contributed by atoms with E-state index in [0.29, 0.717) is 25.9 Å². The van der Waals surface area contributed by atoms with Gasteiger partial charge in [-0.05, 0) is 53.9 Å². The number of carbonyl (C=O) groups excluding carboxylic acids is 1. The van der Waals surface area contributed by atoms with Crippen molar-refractivity contribution in [3.05, 3.63) is 12.7 Å². The number of hydrogen-bond donors (Lipinski definition) is 0. The average molecular weight is 316 g/mol. The molecule has 1 aliphatic rings. The Kier molecular flexibility index (Phi) is 6.16. The largest absolute Gasteiger partial charge is 0.458 e. The number of allylic oxidation sites excluding steroid dienone is 1. The Morgan fingerprint density at radius 2 is 2.09 bits per heavy atom. The summed E-state index contributed by atoms with van der Waals surface area (Å²) in [4.78, 5) is 12.4. The van der Waals surface area contributed by atoms with Crippen molar-refractivity contribution < 1.29 is 23.4 Å². The van der Waals surface area contributed by atoms with Gasteiger partial charge in [0.15, 0.2) is 5.79 Å². The molecule has 0 aromatic rings. The van der Waals surface area contributed by atoms with E-state index in [0.717, 1.165) is 0 Å². The van der Waals surface area contributed by atoms with Crippen LogP contribution in [0.25, 0.3) is 0 Å². The van der Waals surface area contributed by atoms with Crippen molar-refractivity contribution in [2.24, 2.45) is 0 Å². The summed E-state index contributed by atoms with van der Waals surface area (Å²) in [6.45, 7) is 12.6. The van der Waals surface area contributed by atoms with Crippen molar-refractivity contribution in [2.45, 2.75) is 83.5 Å². The van der Waals surface area contributed by atoms with Crippen LogP contribution in [-0.2, 0) is 19.0 Å². The van der Waals surface area contributed by atoms with Crippen LogP contribution in [-0.4, -0.2) is 35.7 Å². The first-order chi connectivity index (χ1) is 10.0. The highest BCUT2D eigenvalue weighted by atomic mass is 19.1. The lowest BCUT2D eigenvalue weighted by Gasteiger charge is -2.42. The fraction of sp³-hybridized carbons (Fsp3) is 0.824. The molecule has 0 saturated carbocycles. The molecular weight excluding hydrogens is 287 g/mol. The first-order valence-corrected chi connectivity index (χ1v) is 7.85. The number of ether oxygens (including phenoxy) is 3. The zero-order valence-corrected chi connectivity index (χ0v) is 14.4. The first kappa shape index (κ1) is 19.1. The van der Waals surface area contributed by atoms with E-state index in [1.807, 2.05) is 0 Å². The lowest BCUT2D eigenvalue weighted by atomic mass is 9.89. The summed E-state index contributed by atoms with van der Waals surface area (Å²) >= 11 is 0. The smallest absolute Gasteiger partial charge is 0.347 e. The fourth-order valence-electron chi connectivity index (χ4n) is 2.43. The van der Waals surface area contributed by atoms with E-state index in [9.17, 15) is 4.79 Å². The highest BCUT2D eigenvalue weighted by Gasteiger charge is 2.52. The van der Waals surface area contributed by atoms with Gasteiger partial charge in [-0.25, -0.2) is 9.18 Å². The van der Waals surface area contributed by atoms with Gasteiger partial charge >= 0.3 is 5.97 Å². The van der Waals surface area contributed by atoms with E-state index in [-0.39, 0.29) is 6.42 Å². The lowest BCUT2D eigenvalue weighted by Crippen LogP contribution is -2.55. The number of carbonyl (C=O) groups is 1. The number of alkyl halides is 1. The van der Waals surface area contributed by atoms with Crippen LogP contribution in [0.2, 0.25) is 0 Å². The third kappa shape index (κ3) is 5.36. The second kappa shape index (κ2) is 7.09. The molecule has 22 heavy (non-hydrogen) atoms. The van der Waals surface area contributed by atoms with E-state index in [4.69, 9.17) is 14.2 Å². The molecule has 0 N–H and O–H groups in total. The zero-order valence-electron chi connectivity index (χ0n) is 14.4. The van der Waals surface area contributed by atoms with E-state index in [2.05, 4.69) is 6.58 Å². The van der Waals surface area contributed by atoms with Gasteiger partial charge in [0.2, 0.25) is 5.67 Å². The van der Waals surface area contributed by atoms with Gasteiger partial charge in [-0.15, -0.1) is 6.58 Å². The summed E-state index contributed by atoms with van der Waals surface area (Å²) in [5.41, 5.74) is -2.91. The van der Waals surface area contributed by atoms with Gasteiger partial charge in [-0.2, -0.15) is 0 Å². The average Bonchev–Trinajstić information content (AvgIpc) is 2.35. The van der Waals surface area contributed by atoms with Gasteiger partial charge in [0.25, 0.3) is 0 Å². The van der Waals surface area contributed by atoms with Crippen molar-refractivity contribution in [1.82, 2.24) is 0 Å². The second-order valence-electron chi connectivity index (χ2n) is 7.19. The third-order valence-electron chi connectivity index (χ3n) is 3.45. The maximum atomic E-state index is 15.6. The van der Waals surface area contributed by atoms with Crippen molar-refractivity contribution in [2.75, 3.05) is 6.61 Å². The standard InChI is InChI=1S/C17H29FO4/c1-7-8-9-11-17(18,14(19)22-15(2,3)4)13-10-12-20-16(5,6)21-13/h7,13H,1,8-12H2,2-6H3. The molecule has 4 nitrogen and oxygen atoms in total. The van der Waals surface area contributed by atoms with Gasteiger partial charge in [0.1, 0.15) is 11.7 Å². The zero-order chi connectivity index (χ0) is 17.0. The van der Waals surface area contributed by atoms with Crippen LogP contribution in [0.4, 0.5) is 4.39 Å². The lowest BCUT2D eigenvalue weighted by molar-refractivity contribution is -0.296. The Bertz CT molecular complexity index is 400. The Hall–Kier alpha value is -0.940. The molecule has 2 unspecified atom stereocenters. The van der Waals surface area contributed by atoms with Crippen LogP contribution >= 0.6 is 0 Å². The topological polar surface area (TPSA) is 44.8 Å². The Morgan fingerprint density at radius 3 is 2.59 bits per heavy atom. The van der Waals surface area contributed by atoms with Crippen molar-refractivity contribution in [1.29, 1.82) is 0 Å². The molecule has 0 radical (unpaired) electrons. The van der Waals surface area contributed by atoms with Crippen molar-refractivity contribution in [3.8, 4) is 0 Å². The Balaban J connectivity index is 2.94. The number of unbranched alkanes of at least 4 members (excludes halogenated alkanes) is 1. The summed E-state index contributed by atoms with van der Waals surface area (Å²) in [7, 11) is 0. The monoisotopic (exact) mass is 316 g/mol. The highest BCUT2D eigenvalue weighted by Crippen LogP contribution is 2.36. The number of rotatable bonds is 6. The molecule has 0 bridgehead atoms. The predicted molar refractivity (Wildman–Crippen MR) is 83.3 cm³/mol. The Labute approximate surface area is 133 Å². The normalized spacial score (nSPS) is 24.4. The van der Waals surface area contributed by atoms with Crippen LogP contribution in [0.3, 0.4) is 0 Å². The van der Waals surface area contributed by atoms with Gasteiger partial charge in [0.05, 0.1) is 6.61 Å². The molecular formula is C17H29FO4. The minimum atomic E-state index is -2.17. The fourth-order valence-corrected chi connectivity index (χ4v) is 2.43. The number of hydrogen-bond acceptors (Lipinski definition) is 4.